The molecule has 0 aliphatic heterocycles. The molecular weight excluding hydrogens is 276 g/mol. The summed E-state index contributed by atoms with van der Waals surface area (Å²) in [5.74, 6) is -1.85. The van der Waals surface area contributed by atoms with Crippen molar-refractivity contribution < 1.29 is 19.5 Å². The van der Waals surface area contributed by atoms with Crippen LogP contribution in [0.5, 0.6) is 0 Å². The van der Waals surface area contributed by atoms with Gasteiger partial charge in [-0.25, -0.2) is 9.59 Å². The normalized spacial score (nSPS) is 13.0. The average Bonchev–Trinajstić information content (AvgIpc) is 2.43. The predicted molar refractivity (Wildman–Crippen MR) is 74.2 cm³/mol. The third kappa shape index (κ3) is 5.89. The lowest BCUT2D eigenvalue weighted by Gasteiger charge is -2.17. The van der Waals surface area contributed by atoms with Crippen LogP contribution in [-0.2, 0) is 9.59 Å². The van der Waals surface area contributed by atoms with Gasteiger partial charge in [0.25, 0.3) is 0 Å². The molecule has 0 aromatic carbocycles. The molecule has 3 amide bonds. The maximum Gasteiger partial charge on any atom is 0.326 e. The summed E-state index contributed by atoms with van der Waals surface area (Å²) in [6.45, 7) is 1.72. The van der Waals surface area contributed by atoms with Crippen LogP contribution >= 0.6 is 0 Å². The number of carboxylic acid groups (broad SMARTS) is 1. The lowest BCUT2D eigenvalue weighted by atomic mass is 10.1. The summed E-state index contributed by atoms with van der Waals surface area (Å²) >= 11 is 0. The van der Waals surface area contributed by atoms with Crippen LogP contribution in [0.4, 0.5) is 4.79 Å². The van der Waals surface area contributed by atoms with Gasteiger partial charge < -0.3 is 21.5 Å². The Hall–Kier alpha value is -2.64. The van der Waals surface area contributed by atoms with Crippen molar-refractivity contribution in [1.82, 2.24) is 15.6 Å². The molecule has 5 N–H and O–H groups in total. The maximum absolute atomic E-state index is 11.8. The molecule has 0 fully saturated rings. The Labute approximate surface area is 121 Å². The number of nitrogens with zero attached hydrogens (tertiary/aromatic N) is 1. The van der Waals surface area contributed by atoms with Gasteiger partial charge in [-0.05, 0) is 25.5 Å². The molecule has 0 saturated carbocycles. The summed E-state index contributed by atoms with van der Waals surface area (Å²) in [6, 6.07) is 3.08. The van der Waals surface area contributed by atoms with Gasteiger partial charge in [0.05, 0.1) is 11.7 Å². The van der Waals surface area contributed by atoms with Crippen molar-refractivity contribution in [3.63, 3.8) is 0 Å². The van der Waals surface area contributed by atoms with Crippen LogP contribution in [0.1, 0.15) is 31.5 Å². The number of pyridine rings is 1. The summed E-state index contributed by atoms with van der Waals surface area (Å²) in [4.78, 5) is 37.5. The van der Waals surface area contributed by atoms with Gasteiger partial charge in [-0.3, -0.25) is 9.78 Å². The fourth-order valence-corrected chi connectivity index (χ4v) is 1.65. The molecular formula is C13H18N4O4. The Morgan fingerprint density at radius 1 is 1.33 bits per heavy atom. The minimum absolute atomic E-state index is 0.0595. The second-order valence-corrected chi connectivity index (χ2v) is 4.49. The number of carboxylic acids is 1. The van der Waals surface area contributed by atoms with E-state index in [9.17, 15) is 14.4 Å². The highest BCUT2D eigenvalue weighted by molar-refractivity contribution is 5.83. The number of urea groups is 1. The quantitative estimate of drug-likeness (QED) is 0.568. The van der Waals surface area contributed by atoms with Crippen molar-refractivity contribution >= 4 is 17.9 Å². The van der Waals surface area contributed by atoms with E-state index in [1.165, 1.54) is 0 Å². The van der Waals surface area contributed by atoms with Crippen LogP contribution in [0.3, 0.4) is 0 Å². The van der Waals surface area contributed by atoms with Gasteiger partial charge in [0.15, 0.2) is 0 Å². The number of hydrogen-bond donors (Lipinski definition) is 4. The van der Waals surface area contributed by atoms with E-state index >= 15 is 0 Å². The minimum Gasteiger partial charge on any atom is -0.480 e. The fraction of sp³-hybridized carbons (Fsp3) is 0.385. The average molecular weight is 294 g/mol. The first-order chi connectivity index (χ1) is 9.90. The number of carbonyl (C=O) groups excluding carboxylic acids is 2. The largest absolute Gasteiger partial charge is 0.480 e. The van der Waals surface area contributed by atoms with E-state index in [0.29, 0.717) is 5.69 Å². The summed E-state index contributed by atoms with van der Waals surface area (Å²) < 4.78 is 0. The number of aliphatic carboxylic acids is 1. The Balaban J connectivity index is 2.54. The second-order valence-electron chi connectivity index (χ2n) is 4.49. The van der Waals surface area contributed by atoms with Crippen molar-refractivity contribution in [3.8, 4) is 0 Å². The van der Waals surface area contributed by atoms with Crippen molar-refractivity contribution in [2.24, 2.45) is 5.73 Å². The van der Waals surface area contributed by atoms with Gasteiger partial charge in [-0.1, -0.05) is 6.07 Å². The number of hydrogen-bond acceptors (Lipinski definition) is 4. The van der Waals surface area contributed by atoms with E-state index in [4.69, 9.17) is 10.8 Å². The van der Waals surface area contributed by atoms with Crippen LogP contribution in [0.2, 0.25) is 0 Å². The summed E-state index contributed by atoms with van der Waals surface area (Å²) in [6.07, 6.45) is 1.42. The van der Waals surface area contributed by atoms with E-state index in [0.717, 1.165) is 0 Å². The highest BCUT2D eigenvalue weighted by Gasteiger charge is 2.21. The Kier molecular flexibility index (Phi) is 6.12. The Morgan fingerprint density at radius 2 is 2.05 bits per heavy atom. The number of nitrogens with one attached hydrogen (secondary N) is 2. The summed E-state index contributed by atoms with van der Waals surface area (Å²) in [5, 5.41) is 13.8. The third-order valence-electron chi connectivity index (χ3n) is 2.76. The van der Waals surface area contributed by atoms with E-state index < -0.39 is 23.9 Å². The van der Waals surface area contributed by atoms with Gasteiger partial charge in [-0.2, -0.15) is 0 Å². The predicted octanol–water partition coefficient (Wildman–Crippen LogP) is 0.161. The molecule has 2 atom stereocenters. The minimum atomic E-state index is -1.23. The van der Waals surface area contributed by atoms with E-state index in [1.54, 1.807) is 31.3 Å². The first-order valence-corrected chi connectivity index (χ1v) is 6.39. The summed E-state index contributed by atoms with van der Waals surface area (Å²) in [5.41, 5.74) is 5.61. The molecule has 0 saturated heterocycles. The standard InChI is InChI=1S/C13H18N4O4/c1-8(9-4-2-3-7-15-9)16-13(21)17-10(12(19)20)5-6-11(14)18/h2-4,7-8,10H,5-6H2,1H3,(H2,14,18)(H,19,20)(H2,16,17,21). The SMILES string of the molecule is CC(NC(=O)NC(CCC(N)=O)C(=O)O)c1ccccn1. The highest BCUT2D eigenvalue weighted by Crippen LogP contribution is 2.07. The third-order valence-corrected chi connectivity index (χ3v) is 2.76. The second kappa shape index (κ2) is 7.83. The van der Waals surface area contributed by atoms with Crippen molar-refractivity contribution in [3.05, 3.63) is 30.1 Å². The molecule has 1 rings (SSSR count). The molecule has 8 nitrogen and oxygen atoms in total. The van der Waals surface area contributed by atoms with Gasteiger partial charge in [0, 0.05) is 12.6 Å². The van der Waals surface area contributed by atoms with Crippen LogP contribution < -0.4 is 16.4 Å². The molecule has 114 valence electrons. The first kappa shape index (κ1) is 16.4. The van der Waals surface area contributed by atoms with E-state index in [2.05, 4.69) is 15.6 Å². The number of rotatable bonds is 7. The zero-order chi connectivity index (χ0) is 15.8. The smallest absolute Gasteiger partial charge is 0.326 e. The van der Waals surface area contributed by atoms with Crippen molar-refractivity contribution in [2.75, 3.05) is 0 Å². The lowest BCUT2D eigenvalue weighted by Crippen LogP contribution is -2.47. The number of amides is 3. The number of nitrogens with two attached hydrogens (primary N) is 1. The van der Waals surface area contributed by atoms with Gasteiger partial charge in [0.2, 0.25) is 5.91 Å². The lowest BCUT2D eigenvalue weighted by molar-refractivity contribution is -0.139. The molecule has 8 heteroatoms. The molecule has 2 unspecified atom stereocenters. The van der Waals surface area contributed by atoms with E-state index in [1.807, 2.05) is 0 Å². The summed E-state index contributed by atoms with van der Waals surface area (Å²) in [7, 11) is 0. The zero-order valence-corrected chi connectivity index (χ0v) is 11.6. The van der Waals surface area contributed by atoms with Crippen LogP contribution in [0, 0.1) is 0 Å². The van der Waals surface area contributed by atoms with Crippen molar-refractivity contribution in [1.29, 1.82) is 0 Å². The van der Waals surface area contributed by atoms with Crippen LogP contribution in [0.15, 0.2) is 24.4 Å². The highest BCUT2D eigenvalue weighted by atomic mass is 16.4. The molecule has 21 heavy (non-hydrogen) atoms. The monoisotopic (exact) mass is 294 g/mol. The number of carbonyl (C=O) groups is 3. The molecule has 1 aromatic rings. The van der Waals surface area contributed by atoms with Gasteiger partial charge >= 0.3 is 12.0 Å². The van der Waals surface area contributed by atoms with E-state index in [-0.39, 0.29) is 18.9 Å². The molecule has 0 spiro atoms. The molecule has 0 radical (unpaired) electrons. The van der Waals surface area contributed by atoms with Gasteiger partial charge in [0.1, 0.15) is 6.04 Å². The van der Waals surface area contributed by atoms with Gasteiger partial charge in [-0.15, -0.1) is 0 Å². The number of aromatic nitrogens is 1. The Morgan fingerprint density at radius 3 is 2.57 bits per heavy atom. The zero-order valence-electron chi connectivity index (χ0n) is 11.6. The first-order valence-electron chi connectivity index (χ1n) is 6.39. The molecule has 1 heterocycles. The van der Waals surface area contributed by atoms with Crippen molar-refractivity contribution in [2.45, 2.75) is 31.8 Å². The topological polar surface area (TPSA) is 134 Å². The Bertz CT molecular complexity index is 506. The maximum atomic E-state index is 11.8. The van der Waals surface area contributed by atoms with Crippen LogP contribution in [-0.4, -0.2) is 34.0 Å². The number of primary amides is 1. The van der Waals surface area contributed by atoms with Crippen LogP contribution in [0.25, 0.3) is 0 Å². The molecule has 1 aromatic heterocycles. The molecule has 0 aliphatic carbocycles. The molecule has 0 aliphatic rings. The molecule has 0 bridgehead atoms. The fourth-order valence-electron chi connectivity index (χ4n) is 1.65.